The van der Waals surface area contributed by atoms with E-state index in [-0.39, 0.29) is 11.8 Å². The summed E-state index contributed by atoms with van der Waals surface area (Å²) in [5.74, 6) is -1.46. The maximum atomic E-state index is 14.4. The molecule has 10 heteroatoms. The number of methoxy groups -OCH3 is 1. The minimum Gasteiger partial charge on any atom is -0.494 e. The number of likely N-dealkylation sites (N-methyl/N-ethyl adjacent to an activating group) is 1. The Bertz CT molecular complexity index is 1440. The number of hydrogen-bond acceptors (Lipinski definition) is 6. The van der Waals surface area contributed by atoms with Crippen LogP contribution in [0.5, 0.6) is 5.75 Å². The Morgan fingerprint density at radius 2 is 1.92 bits per heavy atom. The van der Waals surface area contributed by atoms with Gasteiger partial charge < -0.3 is 25.0 Å². The highest BCUT2D eigenvalue weighted by molar-refractivity contribution is 5.92. The molecule has 0 unspecified atom stereocenters. The molecule has 4 aromatic rings. The van der Waals surface area contributed by atoms with E-state index in [0.29, 0.717) is 64.4 Å². The molecular weight excluding hydrogens is 483 g/mol. The van der Waals surface area contributed by atoms with E-state index in [4.69, 9.17) is 9.72 Å². The number of pyridine rings is 1. The zero-order valence-corrected chi connectivity index (χ0v) is 20.8. The third-order valence-electron chi connectivity index (χ3n) is 6.77. The zero-order chi connectivity index (χ0) is 26.3. The van der Waals surface area contributed by atoms with Gasteiger partial charge in [-0.15, -0.1) is 0 Å². The lowest BCUT2D eigenvalue weighted by Crippen LogP contribution is -2.53. The average molecular weight is 512 g/mol. The summed E-state index contributed by atoms with van der Waals surface area (Å²) in [6, 6.07) is 6.07. The molecule has 7 nitrogen and oxygen atoms in total. The van der Waals surface area contributed by atoms with E-state index in [0.717, 1.165) is 12.6 Å². The van der Waals surface area contributed by atoms with Crippen LogP contribution in [0.1, 0.15) is 19.0 Å². The minimum atomic E-state index is -0.708. The smallest absolute Gasteiger partial charge is 0.167 e. The second-order valence-corrected chi connectivity index (χ2v) is 9.19. The monoisotopic (exact) mass is 511 g/mol. The van der Waals surface area contributed by atoms with Crippen LogP contribution < -0.4 is 15.0 Å². The number of piperidine rings is 1. The number of aromatic amines is 1. The highest BCUT2D eigenvalue weighted by Crippen LogP contribution is 2.42. The van der Waals surface area contributed by atoms with Crippen LogP contribution in [0.4, 0.5) is 18.9 Å². The van der Waals surface area contributed by atoms with Gasteiger partial charge in [-0.05, 0) is 37.6 Å². The maximum absolute atomic E-state index is 14.4. The molecule has 1 aliphatic rings. The summed E-state index contributed by atoms with van der Waals surface area (Å²) in [4.78, 5) is 14.4. The van der Waals surface area contributed by atoms with Crippen molar-refractivity contribution in [3.63, 3.8) is 0 Å². The normalized spacial score (nSPS) is 18.0. The number of ether oxygens (including phenoxy) is 1. The van der Waals surface area contributed by atoms with Crippen LogP contribution in [0.3, 0.4) is 0 Å². The molecule has 3 N–H and O–H groups in total. The zero-order valence-electron chi connectivity index (χ0n) is 20.8. The first-order valence-electron chi connectivity index (χ1n) is 12.1. The molecule has 5 rings (SSSR count). The molecule has 0 bridgehead atoms. The van der Waals surface area contributed by atoms with E-state index in [9.17, 15) is 18.3 Å². The van der Waals surface area contributed by atoms with Crippen molar-refractivity contribution in [1.29, 1.82) is 0 Å². The highest BCUT2D eigenvalue weighted by atomic mass is 19.1. The first kappa shape index (κ1) is 25.0. The molecule has 2 aromatic heterocycles. The van der Waals surface area contributed by atoms with E-state index < -0.39 is 23.6 Å². The second kappa shape index (κ2) is 10.0. The third-order valence-corrected chi connectivity index (χ3v) is 6.77. The number of halogens is 3. The summed E-state index contributed by atoms with van der Waals surface area (Å²) < 4.78 is 48.0. The summed E-state index contributed by atoms with van der Waals surface area (Å²) in [5, 5.41) is 14.2. The maximum Gasteiger partial charge on any atom is 0.167 e. The standard InChI is InChI=1S/C27H28F3N5O2/c1-4-31-20-5-6-35(13-23(20)36)26-18(15-7-16(28)9-17(29)8-15)12-32-14(2)25(26)27-33-21-10-19(30)24(37-3)11-22(21)34-27/h7-12,20,23,31,36H,4-6,13H2,1-3H3,(H,33,34)/t20-,23+/m1/s1. The number of β-amino-alcohol motifs (C(OH)–C–C–N with tert-alkyl or cyclic N) is 1. The van der Waals surface area contributed by atoms with E-state index in [1.807, 2.05) is 18.7 Å². The van der Waals surface area contributed by atoms with Crippen LogP contribution in [-0.4, -0.2) is 58.9 Å². The van der Waals surface area contributed by atoms with Crippen molar-refractivity contribution >= 4 is 16.7 Å². The minimum absolute atomic E-state index is 0.0654. The Hall–Kier alpha value is -3.63. The summed E-state index contributed by atoms with van der Waals surface area (Å²) >= 11 is 0. The van der Waals surface area contributed by atoms with Crippen molar-refractivity contribution in [3.8, 4) is 28.3 Å². The Kier molecular flexibility index (Phi) is 6.78. The largest absolute Gasteiger partial charge is 0.494 e. The lowest BCUT2D eigenvalue weighted by molar-refractivity contribution is 0.115. The highest BCUT2D eigenvalue weighted by Gasteiger charge is 2.31. The van der Waals surface area contributed by atoms with Gasteiger partial charge in [0.1, 0.15) is 17.5 Å². The molecule has 0 radical (unpaired) electrons. The van der Waals surface area contributed by atoms with Crippen LogP contribution in [0.15, 0.2) is 36.5 Å². The topological polar surface area (TPSA) is 86.3 Å². The molecule has 0 aliphatic carbocycles. The molecule has 2 atom stereocenters. The first-order valence-corrected chi connectivity index (χ1v) is 12.1. The number of H-pyrrole nitrogens is 1. The third kappa shape index (κ3) is 4.74. The first-order chi connectivity index (χ1) is 17.8. The number of aryl methyl sites for hydroxylation is 1. The molecule has 3 heterocycles. The molecule has 0 amide bonds. The number of hydrogen-bond donors (Lipinski definition) is 3. The molecule has 2 aromatic carbocycles. The number of nitrogens with one attached hydrogen (secondary N) is 2. The van der Waals surface area contributed by atoms with Crippen molar-refractivity contribution in [3.05, 3.63) is 59.7 Å². The molecule has 1 aliphatic heterocycles. The second-order valence-electron chi connectivity index (χ2n) is 9.19. The van der Waals surface area contributed by atoms with Gasteiger partial charge in [0, 0.05) is 49.1 Å². The Labute approximate surface area is 212 Å². The Balaban J connectivity index is 1.72. The number of aliphatic hydroxyl groups is 1. The number of fused-ring (bicyclic) bond motifs is 1. The molecule has 37 heavy (non-hydrogen) atoms. The van der Waals surface area contributed by atoms with Crippen LogP contribution in [-0.2, 0) is 0 Å². The van der Waals surface area contributed by atoms with Crippen LogP contribution >= 0.6 is 0 Å². The number of benzene rings is 2. The number of anilines is 1. The molecule has 0 saturated carbocycles. The fourth-order valence-corrected chi connectivity index (χ4v) is 5.05. The molecule has 194 valence electrons. The number of nitrogens with zero attached hydrogens (tertiary/aromatic N) is 3. The van der Waals surface area contributed by atoms with Crippen molar-refractivity contribution in [1.82, 2.24) is 20.3 Å². The van der Waals surface area contributed by atoms with Gasteiger partial charge in [0.25, 0.3) is 0 Å². The SMILES string of the molecule is CCN[C@@H]1CCN(c2c(-c3cc(F)cc(F)c3)cnc(C)c2-c2nc3cc(OC)c(F)cc3[nH]2)C[C@@H]1O. The lowest BCUT2D eigenvalue weighted by atomic mass is 9.95. The van der Waals surface area contributed by atoms with Gasteiger partial charge in [-0.25, -0.2) is 18.2 Å². The Morgan fingerprint density at radius 3 is 2.59 bits per heavy atom. The lowest BCUT2D eigenvalue weighted by Gasteiger charge is -2.39. The van der Waals surface area contributed by atoms with Crippen LogP contribution in [0, 0.1) is 24.4 Å². The van der Waals surface area contributed by atoms with Crippen molar-refractivity contribution in [2.75, 3.05) is 31.6 Å². The van der Waals surface area contributed by atoms with Crippen LogP contribution in [0.2, 0.25) is 0 Å². The number of aromatic nitrogens is 3. The molecular formula is C27H28F3N5O2. The number of rotatable bonds is 6. The van der Waals surface area contributed by atoms with Gasteiger partial charge in [-0.1, -0.05) is 6.92 Å². The van der Waals surface area contributed by atoms with Gasteiger partial charge in [-0.2, -0.15) is 0 Å². The summed E-state index contributed by atoms with van der Waals surface area (Å²) in [6.07, 6.45) is 1.58. The number of aliphatic hydroxyl groups excluding tert-OH is 1. The van der Waals surface area contributed by atoms with Crippen molar-refractivity contribution < 1.29 is 23.0 Å². The summed E-state index contributed by atoms with van der Waals surface area (Å²) in [5.41, 5.74) is 3.62. The molecule has 1 fully saturated rings. The number of imidazole rings is 1. The van der Waals surface area contributed by atoms with Gasteiger partial charge in [-0.3, -0.25) is 4.98 Å². The molecule has 1 saturated heterocycles. The van der Waals surface area contributed by atoms with E-state index in [2.05, 4.69) is 15.3 Å². The molecule has 0 spiro atoms. The van der Waals surface area contributed by atoms with Crippen LogP contribution in [0.25, 0.3) is 33.5 Å². The van der Waals surface area contributed by atoms with E-state index in [1.165, 1.54) is 31.4 Å². The van der Waals surface area contributed by atoms with Gasteiger partial charge in [0.15, 0.2) is 11.6 Å². The van der Waals surface area contributed by atoms with Gasteiger partial charge in [0.2, 0.25) is 0 Å². The predicted molar refractivity (Wildman–Crippen MR) is 136 cm³/mol. The predicted octanol–water partition coefficient (Wildman–Crippen LogP) is 4.58. The van der Waals surface area contributed by atoms with Crippen molar-refractivity contribution in [2.45, 2.75) is 32.4 Å². The Morgan fingerprint density at radius 1 is 1.16 bits per heavy atom. The fourth-order valence-electron chi connectivity index (χ4n) is 5.05. The summed E-state index contributed by atoms with van der Waals surface area (Å²) in [7, 11) is 1.38. The average Bonchev–Trinajstić information content (AvgIpc) is 3.26. The van der Waals surface area contributed by atoms with Crippen molar-refractivity contribution in [2.24, 2.45) is 0 Å². The fraction of sp³-hybridized carbons (Fsp3) is 0.333. The van der Waals surface area contributed by atoms with Gasteiger partial charge >= 0.3 is 0 Å². The van der Waals surface area contributed by atoms with E-state index in [1.54, 1.807) is 6.20 Å². The van der Waals surface area contributed by atoms with Gasteiger partial charge in [0.05, 0.1) is 41.2 Å². The quantitative estimate of drug-likeness (QED) is 0.352. The summed E-state index contributed by atoms with van der Waals surface area (Å²) in [6.45, 7) is 5.40. The van der Waals surface area contributed by atoms with E-state index >= 15 is 0 Å².